The first-order chi connectivity index (χ1) is 11.3. The van der Waals surface area contributed by atoms with E-state index in [1.54, 1.807) is 11.3 Å². The van der Waals surface area contributed by atoms with Gasteiger partial charge in [0, 0.05) is 22.8 Å². The van der Waals surface area contributed by atoms with Gasteiger partial charge in [-0.2, -0.15) is 4.98 Å². The highest BCUT2D eigenvalue weighted by atomic mass is 32.1. The molecule has 1 aliphatic rings. The maximum Gasteiger partial charge on any atom is 0.240 e. The van der Waals surface area contributed by atoms with Crippen molar-refractivity contribution in [1.29, 1.82) is 0 Å². The van der Waals surface area contributed by atoms with Crippen LogP contribution in [-0.4, -0.2) is 21.9 Å². The molecule has 2 N–H and O–H groups in total. The van der Waals surface area contributed by atoms with Crippen molar-refractivity contribution in [3.8, 4) is 0 Å². The quantitative estimate of drug-likeness (QED) is 0.734. The monoisotopic (exact) mass is 335 g/mol. The van der Waals surface area contributed by atoms with E-state index in [0.717, 1.165) is 37.9 Å². The van der Waals surface area contributed by atoms with Crippen molar-refractivity contribution in [2.75, 3.05) is 6.61 Å². The molecule has 0 aromatic carbocycles. The second kappa shape index (κ2) is 7.55. The van der Waals surface area contributed by atoms with Gasteiger partial charge in [0.15, 0.2) is 5.82 Å². The molecule has 2 aromatic heterocycles. The van der Waals surface area contributed by atoms with Gasteiger partial charge in [0.1, 0.15) is 0 Å². The number of thiophene rings is 1. The highest BCUT2D eigenvalue weighted by Gasteiger charge is 2.44. The number of aliphatic hydroxyl groups excluding tert-OH is 1. The molecule has 6 heteroatoms. The molecule has 2 heterocycles. The second-order valence-corrected chi connectivity index (χ2v) is 7.39. The van der Waals surface area contributed by atoms with Crippen LogP contribution in [0.25, 0.3) is 0 Å². The molecule has 3 rings (SSSR count). The summed E-state index contributed by atoms with van der Waals surface area (Å²) in [5, 5.41) is 19.6. The van der Waals surface area contributed by atoms with Crippen LogP contribution in [0.3, 0.4) is 0 Å². The topological polar surface area (TPSA) is 71.2 Å². The maximum absolute atomic E-state index is 9.92. The van der Waals surface area contributed by atoms with E-state index in [-0.39, 0.29) is 18.1 Å². The summed E-state index contributed by atoms with van der Waals surface area (Å²) in [5.41, 5.74) is -0.0457. The zero-order chi connectivity index (χ0) is 16.1. The van der Waals surface area contributed by atoms with E-state index in [9.17, 15) is 5.11 Å². The summed E-state index contributed by atoms with van der Waals surface area (Å²) >= 11 is 1.73. The van der Waals surface area contributed by atoms with Crippen molar-refractivity contribution >= 4 is 11.3 Å². The van der Waals surface area contributed by atoms with Crippen molar-refractivity contribution < 1.29 is 9.63 Å². The SMILES string of the molecule is CCCCc1noc(CNC(c2cccs2)C2(CO)CCC2)n1. The fourth-order valence-electron chi connectivity index (χ4n) is 3.23. The smallest absolute Gasteiger partial charge is 0.240 e. The number of nitrogens with one attached hydrogen (secondary N) is 1. The van der Waals surface area contributed by atoms with Crippen molar-refractivity contribution in [3.63, 3.8) is 0 Å². The standard InChI is InChI=1S/C17H25N3O2S/c1-2-3-7-14-19-15(22-20-14)11-18-16(13-6-4-10-23-13)17(12-21)8-5-9-17/h4,6,10,16,18,21H,2-3,5,7-9,11-12H2,1H3. The Hall–Kier alpha value is -1.24. The highest BCUT2D eigenvalue weighted by molar-refractivity contribution is 7.10. The van der Waals surface area contributed by atoms with Crippen LogP contribution in [0.1, 0.15) is 61.7 Å². The molecule has 126 valence electrons. The van der Waals surface area contributed by atoms with E-state index >= 15 is 0 Å². The van der Waals surface area contributed by atoms with Gasteiger partial charge in [-0.15, -0.1) is 11.3 Å². The number of unbranched alkanes of at least 4 members (excludes halogenated alkanes) is 1. The van der Waals surface area contributed by atoms with Crippen LogP contribution >= 0.6 is 11.3 Å². The van der Waals surface area contributed by atoms with E-state index < -0.39 is 0 Å². The molecule has 0 spiro atoms. The van der Waals surface area contributed by atoms with Crippen LogP contribution in [0.15, 0.2) is 22.0 Å². The summed E-state index contributed by atoms with van der Waals surface area (Å²) in [6, 6.07) is 4.35. The molecule has 23 heavy (non-hydrogen) atoms. The Morgan fingerprint density at radius 3 is 2.96 bits per heavy atom. The van der Waals surface area contributed by atoms with Crippen LogP contribution in [0.2, 0.25) is 0 Å². The second-order valence-electron chi connectivity index (χ2n) is 6.41. The molecular formula is C17H25N3O2S. The van der Waals surface area contributed by atoms with Gasteiger partial charge in [0.25, 0.3) is 0 Å². The molecular weight excluding hydrogens is 310 g/mol. The van der Waals surface area contributed by atoms with Gasteiger partial charge >= 0.3 is 0 Å². The maximum atomic E-state index is 9.92. The molecule has 0 radical (unpaired) electrons. The molecule has 1 unspecified atom stereocenters. The zero-order valence-corrected chi connectivity index (χ0v) is 14.4. The predicted molar refractivity (Wildman–Crippen MR) is 90.2 cm³/mol. The number of aryl methyl sites for hydroxylation is 1. The van der Waals surface area contributed by atoms with Gasteiger partial charge in [-0.05, 0) is 30.7 Å². The van der Waals surface area contributed by atoms with Crippen molar-refractivity contribution in [3.05, 3.63) is 34.1 Å². The first-order valence-corrected chi connectivity index (χ1v) is 9.34. The van der Waals surface area contributed by atoms with Crippen molar-refractivity contribution in [2.24, 2.45) is 5.41 Å². The first kappa shape index (κ1) is 16.6. The van der Waals surface area contributed by atoms with Gasteiger partial charge in [-0.1, -0.05) is 31.0 Å². The summed E-state index contributed by atoms with van der Waals surface area (Å²) in [7, 11) is 0. The lowest BCUT2D eigenvalue weighted by molar-refractivity contribution is 0.00496. The molecule has 5 nitrogen and oxygen atoms in total. The Labute approximate surface area is 141 Å². The molecule has 0 amide bonds. The van der Waals surface area contributed by atoms with Crippen LogP contribution in [0.4, 0.5) is 0 Å². The summed E-state index contributed by atoms with van der Waals surface area (Å²) in [6.45, 7) is 2.92. The van der Waals surface area contributed by atoms with Crippen LogP contribution in [0, 0.1) is 5.41 Å². The molecule has 2 aromatic rings. The van der Waals surface area contributed by atoms with Gasteiger partial charge in [-0.25, -0.2) is 0 Å². The average Bonchev–Trinajstić information content (AvgIpc) is 3.19. The highest BCUT2D eigenvalue weighted by Crippen LogP contribution is 2.50. The Bertz CT molecular complexity index is 587. The van der Waals surface area contributed by atoms with Crippen LogP contribution < -0.4 is 5.32 Å². The van der Waals surface area contributed by atoms with Crippen molar-refractivity contribution in [1.82, 2.24) is 15.5 Å². The number of nitrogens with zero attached hydrogens (tertiary/aromatic N) is 2. The van der Waals surface area contributed by atoms with E-state index in [1.165, 1.54) is 11.3 Å². The van der Waals surface area contributed by atoms with E-state index in [4.69, 9.17) is 4.52 Å². The van der Waals surface area contributed by atoms with Gasteiger partial charge in [0.05, 0.1) is 13.2 Å². The van der Waals surface area contributed by atoms with E-state index in [0.29, 0.717) is 12.4 Å². The number of aliphatic hydroxyl groups is 1. The third-order valence-electron chi connectivity index (χ3n) is 4.83. The van der Waals surface area contributed by atoms with E-state index in [2.05, 4.69) is 39.9 Å². The van der Waals surface area contributed by atoms with Gasteiger partial charge in [-0.3, -0.25) is 0 Å². The van der Waals surface area contributed by atoms with Crippen molar-refractivity contribution in [2.45, 2.75) is 58.0 Å². The lowest BCUT2D eigenvalue weighted by atomic mass is 9.64. The molecule has 1 saturated carbocycles. The van der Waals surface area contributed by atoms with Gasteiger partial charge < -0.3 is 14.9 Å². The summed E-state index contributed by atoms with van der Waals surface area (Å²) in [4.78, 5) is 5.72. The first-order valence-electron chi connectivity index (χ1n) is 8.46. The lowest BCUT2D eigenvalue weighted by Crippen LogP contribution is -2.45. The normalized spacial score (nSPS) is 17.8. The van der Waals surface area contributed by atoms with Crippen LogP contribution in [-0.2, 0) is 13.0 Å². The molecule has 1 fully saturated rings. The molecule has 0 saturated heterocycles. The Morgan fingerprint density at radius 2 is 2.35 bits per heavy atom. The molecule has 1 aliphatic carbocycles. The summed E-state index contributed by atoms with van der Waals surface area (Å²) in [5.74, 6) is 1.42. The molecule has 0 bridgehead atoms. The fraction of sp³-hybridized carbons (Fsp3) is 0.647. The fourth-order valence-corrected chi connectivity index (χ4v) is 4.17. The molecule has 1 atom stereocenters. The van der Waals surface area contributed by atoms with E-state index in [1.807, 2.05) is 0 Å². The summed E-state index contributed by atoms with van der Waals surface area (Å²) < 4.78 is 5.34. The minimum Gasteiger partial charge on any atom is -0.396 e. The third kappa shape index (κ3) is 3.65. The Kier molecular flexibility index (Phi) is 5.46. The van der Waals surface area contributed by atoms with Crippen LogP contribution in [0.5, 0.6) is 0 Å². The predicted octanol–water partition coefficient (Wildman–Crippen LogP) is 3.47. The number of aromatic nitrogens is 2. The third-order valence-corrected chi connectivity index (χ3v) is 5.76. The Balaban J connectivity index is 1.66. The average molecular weight is 335 g/mol. The summed E-state index contributed by atoms with van der Waals surface area (Å²) in [6.07, 6.45) is 6.38. The Morgan fingerprint density at radius 1 is 1.48 bits per heavy atom. The number of hydrogen-bond donors (Lipinski definition) is 2. The largest absolute Gasteiger partial charge is 0.396 e. The number of rotatable bonds is 9. The zero-order valence-electron chi connectivity index (χ0n) is 13.6. The minimum absolute atomic E-state index is 0.0457. The van der Waals surface area contributed by atoms with Gasteiger partial charge in [0.2, 0.25) is 5.89 Å². The number of hydrogen-bond acceptors (Lipinski definition) is 6. The molecule has 0 aliphatic heterocycles. The lowest BCUT2D eigenvalue weighted by Gasteiger charge is -2.46. The minimum atomic E-state index is -0.0457.